The van der Waals surface area contributed by atoms with Crippen molar-refractivity contribution in [2.24, 2.45) is 12.8 Å². The summed E-state index contributed by atoms with van der Waals surface area (Å²) in [5, 5.41) is 8.59. The Kier molecular flexibility index (Phi) is 4.16. The molecule has 2 aromatic rings. The minimum absolute atomic E-state index is 0.173. The lowest BCUT2D eigenvalue weighted by Crippen LogP contribution is -2.15. The van der Waals surface area contributed by atoms with Gasteiger partial charge in [-0.25, -0.2) is 8.78 Å². The number of nitrogens with zero attached hydrogens (tertiary/aromatic N) is 3. The molecule has 1 unspecified atom stereocenters. The van der Waals surface area contributed by atoms with Gasteiger partial charge in [0.15, 0.2) is 5.16 Å². The first kappa shape index (κ1) is 14.0. The van der Waals surface area contributed by atoms with Crippen LogP contribution in [0.4, 0.5) is 8.78 Å². The lowest BCUT2D eigenvalue weighted by atomic mass is 10.1. The van der Waals surface area contributed by atoms with E-state index in [1.165, 1.54) is 11.8 Å². The van der Waals surface area contributed by atoms with Crippen LogP contribution in [0.2, 0.25) is 0 Å². The fraction of sp³-hybridized carbons (Fsp3) is 0.333. The number of aryl methyl sites for hydroxylation is 1. The van der Waals surface area contributed by atoms with Gasteiger partial charge in [0, 0.05) is 24.4 Å². The van der Waals surface area contributed by atoms with Crippen molar-refractivity contribution in [2.75, 3.05) is 5.75 Å². The van der Waals surface area contributed by atoms with Crippen molar-refractivity contribution < 1.29 is 8.78 Å². The van der Waals surface area contributed by atoms with Crippen LogP contribution in [0.1, 0.15) is 17.4 Å². The molecule has 0 saturated carbocycles. The van der Waals surface area contributed by atoms with Gasteiger partial charge in [-0.15, -0.1) is 10.2 Å². The second-order valence-corrected chi connectivity index (χ2v) is 5.16. The van der Waals surface area contributed by atoms with E-state index in [9.17, 15) is 8.78 Å². The molecule has 0 aliphatic rings. The maximum Gasteiger partial charge on any atom is 0.191 e. The summed E-state index contributed by atoms with van der Waals surface area (Å²) in [6, 6.07) is 2.69. The molecular weight excluding hydrogens is 270 g/mol. The molecule has 2 N–H and O–H groups in total. The SMILES string of the molecule is Cc1nnc(SCC(N)c2cc(F)ccc2F)n1C. The van der Waals surface area contributed by atoms with E-state index in [1.54, 1.807) is 0 Å². The summed E-state index contributed by atoms with van der Waals surface area (Å²) in [4.78, 5) is 0. The van der Waals surface area contributed by atoms with Crippen LogP contribution in [0.15, 0.2) is 23.4 Å². The molecule has 0 amide bonds. The summed E-state index contributed by atoms with van der Waals surface area (Å²) in [5.74, 6) is 0.190. The van der Waals surface area contributed by atoms with Crippen LogP contribution >= 0.6 is 11.8 Å². The Morgan fingerprint density at radius 1 is 1.37 bits per heavy atom. The van der Waals surface area contributed by atoms with Gasteiger partial charge in [-0.3, -0.25) is 0 Å². The normalized spacial score (nSPS) is 12.7. The molecule has 1 aromatic heterocycles. The zero-order valence-electron chi connectivity index (χ0n) is 10.6. The third-order valence-corrected chi connectivity index (χ3v) is 3.94. The summed E-state index contributed by atoms with van der Waals surface area (Å²) in [5.41, 5.74) is 6.06. The first-order chi connectivity index (χ1) is 8.99. The number of hydrogen-bond donors (Lipinski definition) is 1. The highest BCUT2D eigenvalue weighted by Gasteiger charge is 2.15. The van der Waals surface area contributed by atoms with Crippen LogP contribution in [0, 0.1) is 18.6 Å². The van der Waals surface area contributed by atoms with E-state index in [1.807, 2.05) is 18.5 Å². The van der Waals surface area contributed by atoms with Gasteiger partial charge in [0.05, 0.1) is 0 Å². The van der Waals surface area contributed by atoms with Crippen LogP contribution in [0.25, 0.3) is 0 Å². The molecule has 102 valence electrons. The van der Waals surface area contributed by atoms with Crippen molar-refractivity contribution in [3.05, 3.63) is 41.2 Å². The van der Waals surface area contributed by atoms with E-state index in [2.05, 4.69) is 10.2 Å². The molecule has 2 rings (SSSR count). The Morgan fingerprint density at radius 2 is 2.11 bits per heavy atom. The topological polar surface area (TPSA) is 56.7 Å². The molecule has 19 heavy (non-hydrogen) atoms. The Balaban J connectivity index is 2.07. The quantitative estimate of drug-likeness (QED) is 0.874. The van der Waals surface area contributed by atoms with Gasteiger partial charge in [-0.2, -0.15) is 0 Å². The average molecular weight is 284 g/mol. The molecule has 0 radical (unpaired) electrons. The molecule has 0 aliphatic heterocycles. The minimum Gasteiger partial charge on any atom is -0.323 e. The molecule has 0 spiro atoms. The van der Waals surface area contributed by atoms with Gasteiger partial charge in [-0.1, -0.05) is 11.8 Å². The number of aromatic nitrogens is 3. The van der Waals surface area contributed by atoms with Crippen molar-refractivity contribution in [1.82, 2.24) is 14.8 Å². The number of halogens is 2. The van der Waals surface area contributed by atoms with Gasteiger partial charge in [0.25, 0.3) is 0 Å². The first-order valence-electron chi connectivity index (χ1n) is 5.68. The van der Waals surface area contributed by atoms with E-state index in [4.69, 9.17) is 5.73 Å². The summed E-state index contributed by atoms with van der Waals surface area (Å²) < 4.78 is 28.4. The highest BCUT2D eigenvalue weighted by molar-refractivity contribution is 7.99. The maximum absolute atomic E-state index is 13.5. The smallest absolute Gasteiger partial charge is 0.191 e. The Labute approximate surface area is 114 Å². The molecule has 0 aliphatic carbocycles. The number of benzene rings is 1. The summed E-state index contributed by atoms with van der Waals surface area (Å²) in [6.45, 7) is 1.84. The lowest BCUT2D eigenvalue weighted by molar-refractivity contribution is 0.573. The van der Waals surface area contributed by atoms with Crippen molar-refractivity contribution in [3.63, 3.8) is 0 Å². The summed E-state index contributed by atoms with van der Waals surface area (Å²) in [7, 11) is 1.84. The molecular formula is C12H14F2N4S. The fourth-order valence-corrected chi connectivity index (χ4v) is 2.50. The molecule has 7 heteroatoms. The van der Waals surface area contributed by atoms with E-state index < -0.39 is 17.7 Å². The minimum atomic E-state index is -0.599. The third kappa shape index (κ3) is 3.10. The predicted octanol–water partition coefficient (Wildman–Crippen LogP) is 2.19. The largest absolute Gasteiger partial charge is 0.323 e. The second-order valence-electron chi connectivity index (χ2n) is 4.17. The molecule has 1 atom stereocenters. The van der Waals surface area contributed by atoms with Gasteiger partial charge in [0.1, 0.15) is 17.5 Å². The maximum atomic E-state index is 13.5. The van der Waals surface area contributed by atoms with Crippen LogP contribution in [0.5, 0.6) is 0 Å². The number of nitrogens with two attached hydrogens (primary N) is 1. The Bertz CT molecular complexity index is 585. The Morgan fingerprint density at radius 3 is 2.74 bits per heavy atom. The lowest BCUT2D eigenvalue weighted by Gasteiger charge is -2.12. The van der Waals surface area contributed by atoms with Crippen molar-refractivity contribution in [2.45, 2.75) is 18.1 Å². The highest BCUT2D eigenvalue weighted by atomic mass is 32.2. The van der Waals surface area contributed by atoms with Gasteiger partial charge in [-0.05, 0) is 25.1 Å². The molecule has 0 bridgehead atoms. The van der Waals surface area contributed by atoms with E-state index in [-0.39, 0.29) is 5.56 Å². The first-order valence-corrected chi connectivity index (χ1v) is 6.67. The zero-order valence-corrected chi connectivity index (χ0v) is 11.4. The Hall–Kier alpha value is -1.47. The summed E-state index contributed by atoms with van der Waals surface area (Å²) >= 11 is 1.36. The summed E-state index contributed by atoms with van der Waals surface area (Å²) in [6.07, 6.45) is 0. The average Bonchev–Trinajstić information content (AvgIpc) is 2.70. The van der Waals surface area contributed by atoms with Crippen LogP contribution in [-0.2, 0) is 7.05 Å². The molecule has 4 nitrogen and oxygen atoms in total. The van der Waals surface area contributed by atoms with E-state index in [0.717, 1.165) is 24.0 Å². The monoisotopic (exact) mass is 284 g/mol. The van der Waals surface area contributed by atoms with Gasteiger partial charge >= 0.3 is 0 Å². The van der Waals surface area contributed by atoms with Crippen LogP contribution in [-0.4, -0.2) is 20.5 Å². The van der Waals surface area contributed by atoms with Crippen LogP contribution in [0.3, 0.4) is 0 Å². The van der Waals surface area contributed by atoms with E-state index in [0.29, 0.717) is 10.9 Å². The standard InChI is InChI=1S/C12H14F2N4S/c1-7-16-17-12(18(7)2)19-6-11(15)9-5-8(13)3-4-10(9)14/h3-5,11H,6,15H2,1-2H3. The molecule has 1 aromatic carbocycles. The number of hydrogen-bond acceptors (Lipinski definition) is 4. The van der Waals surface area contributed by atoms with Crippen molar-refractivity contribution >= 4 is 11.8 Å². The van der Waals surface area contributed by atoms with E-state index >= 15 is 0 Å². The third-order valence-electron chi connectivity index (χ3n) is 2.80. The van der Waals surface area contributed by atoms with Crippen molar-refractivity contribution in [3.8, 4) is 0 Å². The van der Waals surface area contributed by atoms with Crippen molar-refractivity contribution in [1.29, 1.82) is 0 Å². The molecule has 1 heterocycles. The van der Waals surface area contributed by atoms with Crippen LogP contribution < -0.4 is 5.73 Å². The second kappa shape index (κ2) is 5.66. The fourth-order valence-electron chi connectivity index (χ4n) is 1.57. The molecule has 0 fully saturated rings. The van der Waals surface area contributed by atoms with Gasteiger partial charge in [0.2, 0.25) is 0 Å². The number of thioether (sulfide) groups is 1. The highest BCUT2D eigenvalue weighted by Crippen LogP contribution is 2.24. The number of rotatable bonds is 4. The predicted molar refractivity (Wildman–Crippen MR) is 69.8 cm³/mol. The zero-order chi connectivity index (χ0) is 14.0. The molecule has 0 saturated heterocycles. The van der Waals surface area contributed by atoms with Gasteiger partial charge < -0.3 is 10.3 Å².